The van der Waals surface area contributed by atoms with E-state index in [4.69, 9.17) is 0 Å². The minimum absolute atomic E-state index is 0.354. The zero-order valence-corrected chi connectivity index (χ0v) is 14.8. The second-order valence-electron chi connectivity index (χ2n) is 7.75. The second-order valence-corrected chi connectivity index (χ2v) is 7.75. The quantitative estimate of drug-likeness (QED) is 0.764. The Morgan fingerprint density at radius 3 is 1.95 bits per heavy atom. The molecule has 0 saturated heterocycles. The average molecular weight is 287 g/mol. The van der Waals surface area contributed by atoms with Gasteiger partial charge in [-0.3, -0.25) is 0 Å². The van der Waals surface area contributed by atoms with Crippen LogP contribution >= 0.6 is 0 Å². The number of benzene rings is 1. The van der Waals surface area contributed by atoms with Crippen molar-refractivity contribution in [3.8, 4) is 0 Å². The van der Waals surface area contributed by atoms with E-state index in [1.54, 1.807) is 5.56 Å². The summed E-state index contributed by atoms with van der Waals surface area (Å²) in [6.07, 6.45) is 5.32. The number of nitrogens with one attached hydrogen (secondary N) is 1. The lowest BCUT2D eigenvalue weighted by Crippen LogP contribution is -2.55. The maximum Gasteiger partial charge on any atom is 0.00886 e. The van der Waals surface area contributed by atoms with Crippen LogP contribution in [-0.4, -0.2) is 12.6 Å². The Morgan fingerprint density at radius 1 is 1.00 bits per heavy atom. The lowest BCUT2D eigenvalue weighted by Gasteiger charge is -2.57. The van der Waals surface area contributed by atoms with E-state index in [1.807, 2.05) is 0 Å². The SMILES string of the molecule is CCC1(CC)CC(CNC(C)C)(c2cc(C)cc(C)c2)C1. The van der Waals surface area contributed by atoms with Crippen LogP contribution in [0.4, 0.5) is 0 Å². The molecule has 0 atom stereocenters. The summed E-state index contributed by atoms with van der Waals surface area (Å²) in [5.41, 5.74) is 5.30. The Bertz CT molecular complexity index is 454. The molecule has 0 aromatic heterocycles. The lowest BCUT2D eigenvalue weighted by atomic mass is 9.48. The van der Waals surface area contributed by atoms with Crippen molar-refractivity contribution < 1.29 is 0 Å². The van der Waals surface area contributed by atoms with Crippen LogP contribution in [0.2, 0.25) is 0 Å². The maximum absolute atomic E-state index is 3.71. The summed E-state index contributed by atoms with van der Waals surface area (Å²) in [6, 6.07) is 7.69. The standard InChI is InChI=1S/C20H33N/c1-7-19(8-2)12-20(13-19,14-21-15(3)4)18-10-16(5)9-17(6)11-18/h9-11,15,21H,7-8,12-14H2,1-6H3. The zero-order valence-electron chi connectivity index (χ0n) is 14.8. The molecule has 1 N–H and O–H groups in total. The number of hydrogen-bond donors (Lipinski definition) is 1. The third-order valence-corrected chi connectivity index (χ3v) is 5.61. The van der Waals surface area contributed by atoms with E-state index in [-0.39, 0.29) is 0 Å². The van der Waals surface area contributed by atoms with Gasteiger partial charge in [-0.2, -0.15) is 0 Å². The largest absolute Gasteiger partial charge is 0.314 e. The fourth-order valence-corrected chi connectivity index (χ4v) is 4.25. The molecule has 1 aromatic rings. The summed E-state index contributed by atoms with van der Waals surface area (Å²) in [6.45, 7) is 14.8. The minimum atomic E-state index is 0.354. The normalized spacial score (nSPS) is 19.6. The molecule has 0 unspecified atom stereocenters. The van der Waals surface area contributed by atoms with Gasteiger partial charge in [0.15, 0.2) is 0 Å². The zero-order chi connectivity index (χ0) is 15.7. The molecular weight excluding hydrogens is 254 g/mol. The molecule has 2 rings (SSSR count). The van der Waals surface area contributed by atoms with Crippen molar-refractivity contribution >= 4 is 0 Å². The topological polar surface area (TPSA) is 12.0 Å². The third kappa shape index (κ3) is 3.34. The minimum Gasteiger partial charge on any atom is -0.314 e. The molecule has 21 heavy (non-hydrogen) atoms. The molecule has 1 saturated carbocycles. The van der Waals surface area contributed by atoms with E-state index in [2.05, 4.69) is 65.1 Å². The van der Waals surface area contributed by atoms with Crippen molar-refractivity contribution in [2.45, 2.75) is 78.7 Å². The van der Waals surface area contributed by atoms with E-state index in [9.17, 15) is 0 Å². The Morgan fingerprint density at radius 2 is 1.52 bits per heavy atom. The average Bonchev–Trinajstić information content (AvgIpc) is 2.37. The van der Waals surface area contributed by atoms with E-state index in [0.29, 0.717) is 16.9 Å². The van der Waals surface area contributed by atoms with Gasteiger partial charge in [-0.05, 0) is 37.7 Å². The number of aryl methyl sites for hydroxylation is 2. The van der Waals surface area contributed by atoms with E-state index >= 15 is 0 Å². The van der Waals surface area contributed by atoms with Gasteiger partial charge in [0.1, 0.15) is 0 Å². The van der Waals surface area contributed by atoms with Crippen LogP contribution in [0.25, 0.3) is 0 Å². The summed E-state index contributed by atoms with van der Waals surface area (Å²) in [5, 5.41) is 3.71. The van der Waals surface area contributed by atoms with E-state index in [1.165, 1.54) is 36.8 Å². The Hall–Kier alpha value is -0.820. The van der Waals surface area contributed by atoms with Gasteiger partial charge in [-0.25, -0.2) is 0 Å². The highest BCUT2D eigenvalue weighted by atomic mass is 14.9. The van der Waals surface area contributed by atoms with E-state index in [0.717, 1.165) is 6.54 Å². The van der Waals surface area contributed by atoms with Crippen molar-refractivity contribution in [1.82, 2.24) is 5.32 Å². The Labute approximate surface area is 131 Å². The molecule has 0 radical (unpaired) electrons. The first-order valence-corrected chi connectivity index (χ1v) is 8.67. The first-order chi connectivity index (χ1) is 9.84. The fraction of sp³-hybridized carbons (Fsp3) is 0.700. The van der Waals surface area contributed by atoms with Gasteiger partial charge >= 0.3 is 0 Å². The van der Waals surface area contributed by atoms with Gasteiger partial charge < -0.3 is 5.32 Å². The van der Waals surface area contributed by atoms with Crippen LogP contribution in [-0.2, 0) is 5.41 Å². The molecule has 0 aliphatic heterocycles. The van der Waals surface area contributed by atoms with Crippen molar-refractivity contribution in [3.63, 3.8) is 0 Å². The number of rotatable bonds is 6. The van der Waals surface area contributed by atoms with Crippen molar-refractivity contribution in [2.75, 3.05) is 6.54 Å². The Balaban J connectivity index is 2.29. The molecule has 0 amide bonds. The predicted molar refractivity (Wildman–Crippen MR) is 93.0 cm³/mol. The summed E-state index contributed by atoms with van der Waals surface area (Å²) in [5.74, 6) is 0. The van der Waals surface area contributed by atoms with Gasteiger partial charge in [-0.15, -0.1) is 0 Å². The molecule has 1 aromatic carbocycles. The second kappa shape index (κ2) is 6.12. The molecule has 1 fully saturated rings. The van der Waals surface area contributed by atoms with Gasteiger partial charge in [0.2, 0.25) is 0 Å². The monoisotopic (exact) mass is 287 g/mol. The summed E-state index contributed by atoms with van der Waals surface area (Å²) in [7, 11) is 0. The van der Waals surface area contributed by atoms with Crippen LogP contribution in [0, 0.1) is 19.3 Å². The smallest absolute Gasteiger partial charge is 0.00886 e. The summed E-state index contributed by atoms with van der Waals surface area (Å²) >= 11 is 0. The third-order valence-electron chi connectivity index (χ3n) is 5.61. The van der Waals surface area contributed by atoms with Gasteiger partial charge in [0, 0.05) is 18.0 Å². The number of hydrogen-bond acceptors (Lipinski definition) is 1. The summed E-state index contributed by atoms with van der Waals surface area (Å²) in [4.78, 5) is 0. The van der Waals surface area contributed by atoms with Crippen LogP contribution in [0.5, 0.6) is 0 Å². The van der Waals surface area contributed by atoms with Gasteiger partial charge in [0.25, 0.3) is 0 Å². The molecule has 1 aliphatic carbocycles. The highest BCUT2D eigenvalue weighted by Crippen LogP contribution is 2.59. The Kier molecular flexibility index (Phi) is 4.82. The molecule has 0 spiro atoms. The highest BCUT2D eigenvalue weighted by Gasteiger charge is 2.52. The first-order valence-electron chi connectivity index (χ1n) is 8.67. The highest BCUT2D eigenvalue weighted by molar-refractivity contribution is 5.37. The predicted octanol–water partition coefficient (Wildman–Crippen LogP) is 5.14. The molecule has 0 heterocycles. The molecule has 1 nitrogen and oxygen atoms in total. The van der Waals surface area contributed by atoms with Crippen molar-refractivity contribution in [3.05, 3.63) is 34.9 Å². The molecule has 118 valence electrons. The van der Waals surface area contributed by atoms with E-state index < -0.39 is 0 Å². The van der Waals surface area contributed by atoms with Crippen molar-refractivity contribution in [2.24, 2.45) is 5.41 Å². The molecule has 1 heteroatoms. The fourth-order valence-electron chi connectivity index (χ4n) is 4.25. The van der Waals surface area contributed by atoms with Crippen LogP contribution in [0.15, 0.2) is 18.2 Å². The first kappa shape index (κ1) is 16.5. The van der Waals surface area contributed by atoms with Crippen LogP contribution in [0.1, 0.15) is 70.1 Å². The van der Waals surface area contributed by atoms with Crippen molar-refractivity contribution in [1.29, 1.82) is 0 Å². The maximum atomic E-state index is 3.71. The molecule has 0 bridgehead atoms. The lowest BCUT2D eigenvalue weighted by molar-refractivity contribution is 0.0118. The van der Waals surface area contributed by atoms with Crippen LogP contribution < -0.4 is 5.32 Å². The van der Waals surface area contributed by atoms with Crippen LogP contribution in [0.3, 0.4) is 0 Å². The molecular formula is C20H33N. The summed E-state index contributed by atoms with van der Waals surface area (Å²) < 4.78 is 0. The van der Waals surface area contributed by atoms with Gasteiger partial charge in [-0.1, -0.05) is 69.9 Å². The van der Waals surface area contributed by atoms with Gasteiger partial charge in [0.05, 0.1) is 0 Å². The molecule has 1 aliphatic rings.